The first-order chi connectivity index (χ1) is 27.0. The molecule has 12 nitrogen and oxygen atoms in total. The van der Waals surface area contributed by atoms with E-state index in [1.807, 2.05) is 48.5 Å². The van der Waals surface area contributed by atoms with Crippen LogP contribution in [0.25, 0.3) is 0 Å². The van der Waals surface area contributed by atoms with Crippen LogP contribution in [0, 0.1) is 17.2 Å². The predicted octanol–water partition coefficient (Wildman–Crippen LogP) is 5.74. The maximum atomic E-state index is 13.3. The molecule has 0 aromatic heterocycles. The minimum atomic E-state index is -0.962. The van der Waals surface area contributed by atoms with Crippen molar-refractivity contribution < 1.29 is 28.7 Å². The SMILES string of the molecule is CN(c1ccc(C#N)c(Cl)c1)C1CCC(NC(=O)c2ccc(OC3CCC(CN4Cc5cc6c(cc5C4)C(=O)N(C4CCC(=O)NC4=O)C6=O)CC3)cc2)CC1. The summed E-state index contributed by atoms with van der Waals surface area (Å²) in [6, 6.07) is 18.2. The molecule has 3 aromatic rings. The van der Waals surface area contributed by atoms with Crippen molar-refractivity contribution in [2.45, 2.75) is 102 Å². The number of piperidine rings is 1. The zero-order valence-electron chi connectivity index (χ0n) is 31.4. The average Bonchev–Trinajstić information content (AvgIpc) is 3.70. The van der Waals surface area contributed by atoms with E-state index >= 15 is 0 Å². The van der Waals surface area contributed by atoms with Crippen LogP contribution in [-0.2, 0) is 22.7 Å². The van der Waals surface area contributed by atoms with Crippen molar-refractivity contribution in [3.63, 3.8) is 0 Å². The topological polar surface area (TPSA) is 152 Å². The van der Waals surface area contributed by atoms with E-state index in [1.54, 1.807) is 6.07 Å². The van der Waals surface area contributed by atoms with Gasteiger partial charge >= 0.3 is 0 Å². The molecule has 0 bridgehead atoms. The number of hydrogen-bond acceptors (Lipinski definition) is 9. The van der Waals surface area contributed by atoms with Crippen LogP contribution in [-0.4, -0.2) is 77.2 Å². The van der Waals surface area contributed by atoms with Crippen LogP contribution < -0.4 is 20.3 Å². The lowest BCUT2D eigenvalue weighted by Crippen LogP contribution is -2.54. The summed E-state index contributed by atoms with van der Waals surface area (Å²) in [6.07, 6.45) is 7.96. The maximum Gasteiger partial charge on any atom is 0.262 e. The number of rotatable bonds is 9. The molecule has 290 valence electrons. The molecular weight excluding hydrogens is 732 g/mol. The summed E-state index contributed by atoms with van der Waals surface area (Å²) >= 11 is 6.26. The molecule has 56 heavy (non-hydrogen) atoms. The summed E-state index contributed by atoms with van der Waals surface area (Å²) < 4.78 is 6.35. The minimum Gasteiger partial charge on any atom is -0.490 e. The molecule has 2 N–H and O–H groups in total. The molecule has 1 atom stereocenters. The normalized spacial score (nSPS) is 24.9. The van der Waals surface area contributed by atoms with Crippen molar-refractivity contribution in [1.82, 2.24) is 20.4 Å². The first-order valence-electron chi connectivity index (χ1n) is 19.6. The molecule has 0 spiro atoms. The van der Waals surface area contributed by atoms with E-state index in [0.29, 0.717) is 52.3 Å². The van der Waals surface area contributed by atoms with E-state index < -0.39 is 23.8 Å². The van der Waals surface area contributed by atoms with Crippen LogP contribution in [0.5, 0.6) is 5.75 Å². The van der Waals surface area contributed by atoms with Gasteiger partial charge in [0.15, 0.2) is 0 Å². The number of nitrogens with zero attached hydrogens (tertiary/aromatic N) is 4. The molecule has 1 saturated heterocycles. The number of carbonyl (C=O) groups is 5. The van der Waals surface area contributed by atoms with Gasteiger partial charge in [0.05, 0.1) is 27.8 Å². The van der Waals surface area contributed by atoms with Gasteiger partial charge in [0.2, 0.25) is 11.8 Å². The molecule has 3 aromatic carbocycles. The smallest absolute Gasteiger partial charge is 0.262 e. The number of imide groups is 2. The number of nitrogens with one attached hydrogen (secondary N) is 2. The Labute approximate surface area is 331 Å². The van der Waals surface area contributed by atoms with Gasteiger partial charge in [-0.1, -0.05) is 11.6 Å². The Morgan fingerprint density at radius 2 is 1.55 bits per heavy atom. The number of ether oxygens (including phenoxy) is 1. The fourth-order valence-corrected chi connectivity index (χ4v) is 9.36. The van der Waals surface area contributed by atoms with Gasteiger partial charge in [-0.05, 0) is 129 Å². The second-order valence-corrected chi connectivity index (χ2v) is 16.3. The number of hydrogen-bond donors (Lipinski definition) is 2. The Balaban J connectivity index is 0.763. The zero-order chi connectivity index (χ0) is 39.1. The van der Waals surface area contributed by atoms with Gasteiger partial charge in [-0.15, -0.1) is 0 Å². The number of benzene rings is 3. The van der Waals surface area contributed by atoms with Gasteiger partial charge in [-0.2, -0.15) is 5.26 Å². The van der Waals surface area contributed by atoms with Gasteiger partial charge in [0.1, 0.15) is 17.9 Å². The summed E-state index contributed by atoms with van der Waals surface area (Å²) in [5.74, 6) is -0.727. The van der Waals surface area contributed by atoms with Crippen molar-refractivity contribution in [3.8, 4) is 11.8 Å². The van der Waals surface area contributed by atoms with Gasteiger partial charge in [0, 0.05) is 56.4 Å². The molecular formula is C43H45ClN6O6. The van der Waals surface area contributed by atoms with E-state index in [4.69, 9.17) is 16.3 Å². The Bertz CT molecular complexity index is 2070. The van der Waals surface area contributed by atoms with Crippen molar-refractivity contribution in [2.24, 2.45) is 5.92 Å². The fourth-order valence-electron chi connectivity index (χ4n) is 9.14. The fraction of sp³-hybridized carbons (Fsp3) is 0.442. The number of halogens is 1. The lowest BCUT2D eigenvalue weighted by molar-refractivity contribution is -0.136. The van der Waals surface area contributed by atoms with Gasteiger partial charge in [0.25, 0.3) is 17.7 Å². The molecule has 3 heterocycles. The van der Waals surface area contributed by atoms with Crippen LogP contribution in [0.3, 0.4) is 0 Å². The van der Waals surface area contributed by atoms with Crippen LogP contribution in [0.1, 0.15) is 112 Å². The summed E-state index contributed by atoms with van der Waals surface area (Å²) in [5, 5.41) is 15.1. The molecule has 3 fully saturated rings. The van der Waals surface area contributed by atoms with Crippen molar-refractivity contribution in [3.05, 3.63) is 93.0 Å². The lowest BCUT2D eigenvalue weighted by Gasteiger charge is -2.36. The van der Waals surface area contributed by atoms with E-state index in [9.17, 15) is 29.2 Å². The molecule has 3 aliphatic heterocycles. The molecule has 2 saturated carbocycles. The van der Waals surface area contributed by atoms with E-state index in [1.165, 1.54) is 0 Å². The molecule has 1 unspecified atom stereocenters. The molecule has 13 heteroatoms. The molecule has 0 radical (unpaired) electrons. The van der Waals surface area contributed by atoms with Crippen molar-refractivity contribution in [2.75, 3.05) is 18.5 Å². The number of nitriles is 1. The molecule has 5 amide bonds. The van der Waals surface area contributed by atoms with Crippen LogP contribution in [0.4, 0.5) is 5.69 Å². The standard InChI is InChI=1S/C43H45ClN6O6/c1-48(32-9-4-27(21-45)37(44)20-32)31-10-7-30(8-11-31)46-40(52)26-5-14-34(15-6-26)56-33-12-2-25(3-13-33)22-49-23-28-18-35-36(19-29(28)24-49)43(55)50(42(35)54)38-16-17-39(51)47-41(38)53/h4-6,9,14-15,18-20,25,30-31,33,38H,2-3,7-8,10-13,16-17,22-24H2,1H3,(H,46,52)(H,47,51,53). The maximum absolute atomic E-state index is 13.3. The number of carbonyl (C=O) groups excluding carboxylic acids is 5. The second-order valence-electron chi connectivity index (χ2n) is 15.9. The summed E-state index contributed by atoms with van der Waals surface area (Å²) in [5.41, 5.74) is 4.81. The predicted molar refractivity (Wildman–Crippen MR) is 208 cm³/mol. The van der Waals surface area contributed by atoms with E-state index in [2.05, 4.69) is 33.6 Å². The quantitative estimate of drug-likeness (QED) is 0.259. The highest BCUT2D eigenvalue weighted by Gasteiger charge is 2.45. The molecule has 5 aliphatic rings. The number of fused-ring (bicyclic) bond motifs is 2. The summed E-state index contributed by atoms with van der Waals surface area (Å²) in [4.78, 5) is 69.3. The Kier molecular flexibility index (Phi) is 10.6. The number of anilines is 1. The van der Waals surface area contributed by atoms with Crippen LogP contribution in [0.15, 0.2) is 54.6 Å². The van der Waals surface area contributed by atoms with Crippen LogP contribution >= 0.6 is 11.6 Å². The van der Waals surface area contributed by atoms with Gasteiger partial charge in [-0.3, -0.25) is 39.1 Å². The summed E-state index contributed by atoms with van der Waals surface area (Å²) in [7, 11) is 2.05. The second kappa shape index (κ2) is 15.7. The third kappa shape index (κ3) is 7.62. The van der Waals surface area contributed by atoms with Crippen molar-refractivity contribution in [1.29, 1.82) is 5.26 Å². The monoisotopic (exact) mass is 776 g/mol. The minimum absolute atomic E-state index is 0.0752. The lowest BCUT2D eigenvalue weighted by atomic mass is 9.87. The van der Waals surface area contributed by atoms with Gasteiger partial charge in [-0.25, -0.2) is 0 Å². The van der Waals surface area contributed by atoms with Crippen LogP contribution in [0.2, 0.25) is 5.02 Å². The Morgan fingerprint density at radius 1 is 0.893 bits per heavy atom. The Hall–Kier alpha value is -5.25. The molecule has 2 aliphatic carbocycles. The van der Waals surface area contributed by atoms with Gasteiger partial charge < -0.3 is 15.0 Å². The number of amides is 5. The third-order valence-electron chi connectivity index (χ3n) is 12.3. The first-order valence-corrected chi connectivity index (χ1v) is 20.0. The third-order valence-corrected chi connectivity index (χ3v) is 12.7. The summed E-state index contributed by atoms with van der Waals surface area (Å²) in [6.45, 7) is 2.32. The van der Waals surface area contributed by atoms with Crippen molar-refractivity contribution >= 4 is 46.8 Å². The Morgan fingerprint density at radius 3 is 2.16 bits per heavy atom. The van der Waals surface area contributed by atoms with E-state index in [-0.39, 0.29) is 36.8 Å². The highest BCUT2D eigenvalue weighted by molar-refractivity contribution is 6.32. The first kappa shape index (κ1) is 37.7. The largest absolute Gasteiger partial charge is 0.490 e. The average molecular weight is 777 g/mol. The zero-order valence-corrected chi connectivity index (χ0v) is 32.1. The van der Waals surface area contributed by atoms with E-state index in [0.717, 1.165) is 85.4 Å². The highest BCUT2D eigenvalue weighted by Crippen LogP contribution is 2.36. The highest BCUT2D eigenvalue weighted by atomic mass is 35.5. The molecule has 8 rings (SSSR count).